The number of aromatic nitrogens is 2. The summed E-state index contributed by atoms with van der Waals surface area (Å²) in [5, 5.41) is 16.0. The van der Waals surface area contributed by atoms with Gasteiger partial charge in [-0.15, -0.1) is 0 Å². The average molecular weight is 465 g/mol. The largest absolute Gasteiger partial charge is 0.393 e. The van der Waals surface area contributed by atoms with Crippen LogP contribution in [-0.2, 0) is 0 Å². The lowest BCUT2D eigenvalue weighted by molar-refractivity contribution is 0.0992. The smallest absolute Gasteiger partial charge is 0.269 e. The molecule has 0 aliphatic heterocycles. The highest BCUT2D eigenvalue weighted by Crippen LogP contribution is 2.42. The van der Waals surface area contributed by atoms with Crippen molar-refractivity contribution in [1.82, 2.24) is 9.78 Å². The number of nitrogens with two attached hydrogens (primary N) is 1. The van der Waals surface area contributed by atoms with E-state index >= 15 is 0 Å². The van der Waals surface area contributed by atoms with Gasteiger partial charge in [-0.25, -0.2) is 4.68 Å². The molecule has 0 bridgehead atoms. The highest BCUT2D eigenvalue weighted by atomic mass is 35.5. The van der Waals surface area contributed by atoms with Crippen LogP contribution < -0.4 is 5.73 Å². The van der Waals surface area contributed by atoms with Gasteiger partial charge >= 0.3 is 0 Å². The third kappa shape index (κ3) is 4.08. The number of primary amides is 1. The Bertz CT molecular complexity index is 1090. The van der Waals surface area contributed by atoms with Gasteiger partial charge in [0.25, 0.3) is 5.91 Å². The molecule has 30 heavy (non-hydrogen) atoms. The number of rotatable bonds is 4. The molecule has 1 amide bonds. The molecule has 1 saturated carbocycles. The maximum atomic E-state index is 12.4. The summed E-state index contributed by atoms with van der Waals surface area (Å²) in [6.07, 6.45) is 2.48. The minimum atomic E-state index is -0.602. The number of carbonyl (C=O) groups excluding carboxylic acids is 1. The number of aliphatic hydroxyl groups is 1. The lowest BCUT2D eigenvalue weighted by Crippen LogP contribution is -2.20. The Balaban J connectivity index is 1.99. The summed E-state index contributed by atoms with van der Waals surface area (Å²) in [7, 11) is 0. The van der Waals surface area contributed by atoms with Crippen LogP contribution in [0.2, 0.25) is 15.1 Å². The third-order valence-electron chi connectivity index (χ3n) is 5.52. The van der Waals surface area contributed by atoms with Crippen molar-refractivity contribution in [2.45, 2.75) is 37.7 Å². The van der Waals surface area contributed by atoms with Crippen molar-refractivity contribution >= 4 is 40.7 Å². The molecule has 0 spiro atoms. The van der Waals surface area contributed by atoms with Crippen molar-refractivity contribution in [1.29, 1.82) is 0 Å². The number of benzene rings is 2. The van der Waals surface area contributed by atoms with E-state index in [9.17, 15) is 9.90 Å². The Morgan fingerprint density at radius 2 is 1.63 bits per heavy atom. The summed E-state index contributed by atoms with van der Waals surface area (Å²) < 4.78 is 1.66. The Morgan fingerprint density at radius 3 is 2.23 bits per heavy atom. The second kappa shape index (κ2) is 8.60. The van der Waals surface area contributed by atoms with Crippen LogP contribution in [0.25, 0.3) is 16.9 Å². The molecule has 5 nitrogen and oxygen atoms in total. The number of nitrogens with zero attached hydrogens (tertiary/aromatic N) is 2. The van der Waals surface area contributed by atoms with Crippen LogP contribution in [0, 0.1) is 0 Å². The van der Waals surface area contributed by atoms with Crippen molar-refractivity contribution < 1.29 is 9.90 Å². The summed E-state index contributed by atoms with van der Waals surface area (Å²) in [4.78, 5) is 12.4. The molecule has 1 aliphatic carbocycles. The lowest BCUT2D eigenvalue weighted by atomic mass is 9.80. The van der Waals surface area contributed by atoms with Crippen LogP contribution >= 0.6 is 34.8 Å². The first-order valence-corrected chi connectivity index (χ1v) is 10.8. The standard InChI is InChI=1S/C22H20Cl3N3O2/c23-14-5-1-13(2-6-14)21-19(12-3-8-16(29)9-4-12)20(22(26)30)27-28(21)18-10-7-15(24)11-17(18)25/h1-2,5-7,10-12,16,29H,3-4,8-9H2,(H2,26,30). The molecule has 0 radical (unpaired) electrons. The Labute approximate surface area is 189 Å². The molecule has 0 atom stereocenters. The fraction of sp³-hybridized carbons (Fsp3) is 0.273. The van der Waals surface area contributed by atoms with Crippen LogP contribution in [0.5, 0.6) is 0 Å². The van der Waals surface area contributed by atoms with E-state index < -0.39 is 5.91 Å². The zero-order valence-electron chi connectivity index (χ0n) is 16.0. The van der Waals surface area contributed by atoms with E-state index in [4.69, 9.17) is 40.5 Å². The Kier molecular flexibility index (Phi) is 6.07. The van der Waals surface area contributed by atoms with Gasteiger partial charge in [0.2, 0.25) is 0 Å². The van der Waals surface area contributed by atoms with Crippen LogP contribution in [-0.4, -0.2) is 26.9 Å². The second-order valence-corrected chi connectivity index (χ2v) is 8.78. The van der Waals surface area contributed by atoms with Gasteiger partial charge in [0.05, 0.1) is 22.5 Å². The Morgan fingerprint density at radius 1 is 1.00 bits per heavy atom. The van der Waals surface area contributed by atoms with Crippen molar-refractivity contribution in [3.05, 3.63) is 68.8 Å². The van der Waals surface area contributed by atoms with Gasteiger partial charge in [-0.2, -0.15) is 5.10 Å². The predicted octanol–water partition coefficient (Wildman–Crippen LogP) is 5.62. The zero-order chi connectivity index (χ0) is 21.4. The first-order chi connectivity index (χ1) is 14.3. The van der Waals surface area contributed by atoms with E-state index in [1.807, 2.05) is 12.1 Å². The molecule has 0 unspecified atom stereocenters. The topological polar surface area (TPSA) is 81.1 Å². The van der Waals surface area contributed by atoms with Crippen molar-refractivity contribution in [3.8, 4) is 16.9 Å². The molecule has 1 fully saturated rings. The highest BCUT2D eigenvalue weighted by Gasteiger charge is 2.32. The van der Waals surface area contributed by atoms with Crippen molar-refractivity contribution in [2.24, 2.45) is 5.73 Å². The SMILES string of the molecule is NC(=O)c1nn(-c2ccc(Cl)cc2Cl)c(-c2ccc(Cl)cc2)c1C1CCC(O)CC1. The summed E-state index contributed by atoms with van der Waals surface area (Å²) in [5.74, 6) is -0.559. The minimum absolute atomic E-state index is 0.0430. The first kappa shape index (κ1) is 21.2. The van der Waals surface area contributed by atoms with E-state index in [0.717, 1.165) is 29.7 Å². The fourth-order valence-corrected chi connectivity index (χ4v) is 4.69. The average Bonchev–Trinajstić information content (AvgIpc) is 3.10. The molecule has 156 valence electrons. The molecular formula is C22H20Cl3N3O2. The molecule has 4 rings (SSSR count). The highest BCUT2D eigenvalue weighted by molar-refractivity contribution is 6.35. The fourth-order valence-electron chi connectivity index (χ4n) is 4.08. The number of aliphatic hydroxyl groups excluding tert-OH is 1. The minimum Gasteiger partial charge on any atom is -0.393 e. The van der Waals surface area contributed by atoms with E-state index in [1.165, 1.54) is 0 Å². The van der Waals surface area contributed by atoms with Gasteiger partial charge < -0.3 is 10.8 Å². The monoisotopic (exact) mass is 463 g/mol. The number of hydrogen-bond acceptors (Lipinski definition) is 3. The molecule has 8 heteroatoms. The predicted molar refractivity (Wildman–Crippen MR) is 120 cm³/mol. The van der Waals surface area contributed by atoms with E-state index in [0.29, 0.717) is 33.6 Å². The molecule has 3 N–H and O–H groups in total. The van der Waals surface area contributed by atoms with Crippen molar-refractivity contribution in [2.75, 3.05) is 0 Å². The molecule has 1 heterocycles. The number of amides is 1. The number of carbonyl (C=O) groups is 1. The van der Waals surface area contributed by atoms with Gasteiger partial charge in [0.15, 0.2) is 5.69 Å². The summed E-state index contributed by atoms with van der Waals surface area (Å²) in [5.41, 5.74) is 8.90. The first-order valence-electron chi connectivity index (χ1n) is 9.67. The van der Waals surface area contributed by atoms with E-state index in [1.54, 1.807) is 35.0 Å². The molecule has 1 aromatic heterocycles. The second-order valence-electron chi connectivity index (χ2n) is 7.50. The summed E-state index contributed by atoms with van der Waals surface area (Å²) in [6.45, 7) is 0. The van der Waals surface area contributed by atoms with Gasteiger partial charge in [-0.1, -0.05) is 46.9 Å². The van der Waals surface area contributed by atoms with Crippen molar-refractivity contribution in [3.63, 3.8) is 0 Å². The molecule has 3 aromatic rings. The normalized spacial score (nSPS) is 19.1. The maximum Gasteiger partial charge on any atom is 0.269 e. The van der Waals surface area contributed by atoms with E-state index in [-0.39, 0.29) is 17.7 Å². The molecular weight excluding hydrogens is 445 g/mol. The number of halogens is 3. The summed E-state index contributed by atoms with van der Waals surface area (Å²) in [6, 6.07) is 12.4. The molecule has 1 aliphatic rings. The van der Waals surface area contributed by atoms with Gasteiger partial charge in [-0.3, -0.25) is 4.79 Å². The number of hydrogen-bond donors (Lipinski definition) is 2. The van der Waals surface area contributed by atoms with Crippen LogP contribution in [0.15, 0.2) is 42.5 Å². The zero-order valence-corrected chi connectivity index (χ0v) is 18.3. The Hall–Kier alpha value is -2.05. The third-order valence-corrected chi connectivity index (χ3v) is 6.31. The molecule has 2 aromatic carbocycles. The maximum absolute atomic E-state index is 12.4. The van der Waals surface area contributed by atoms with E-state index in [2.05, 4.69) is 5.10 Å². The quantitative estimate of drug-likeness (QED) is 0.526. The van der Waals surface area contributed by atoms with Crippen LogP contribution in [0.3, 0.4) is 0 Å². The van der Waals surface area contributed by atoms with Crippen LogP contribution in [0.1, 0.15) is 47.7 Å². The van der Waals surface area contributed by atoms with Gasteiger partial charge in [-0.05, 0) is 61.9 Å². The molecule has 0 saturated heterocycles. The van der Waals surface area contributed by atoms with Crippen LogP contribution in [0.4, 0.5) is 0 Å². The van der Waals surface area contributed by atoms with Gasteiger partial charge in [0.1, 0.15) is 0 Å². The van der Waals surface area contributed by atoms with Gasteiger partial charge in [0, 0.05) is 21.2 Å². The summed E-state index contributed by atoms with van der Waals surface area (Å²) >= 11 is 18.7. The lowest BCUT2D eigenvalue weighted by Gasteiger charge is -2.26.